The minimum atomic E-state index is -3.55. The Morgan fingerprint density at radius 1 is 1.26 bits per heavy atom. The van der Waals surface area contributed by atoms with Gasteiger partial charge in [-0.05, 0) is 30.7 Å². The summed E-state index contributed by atoms with van der Waals surface area (Å²) in [5, 5.41) is 9.35. The maximum Gasteiger partial charge on any atom is 0.334 e. The van der Waals surface area contributed by atoms with Gasteiger partial charge in [-0.15, -0.1) is 0 Å². The molecule has 0 amide bonds. The van der Waals surface area contributed by atoms with Gasteiger partial charge in [-0.25, -0.2) is 13.2 Å². The first kappa shape index (κ1) is 15.5. The summed E-state index contributed by atoms with van der Waals surface area (Å²) in [6, 6.07) is 5.89. The lowest BCUT2D eigenvalue weighted by atomic mass is 10.3. The number of esters is 1. The zero-order valence-electron chi connectivity index (χ0n) is 10.7. The molecule has 1 aromatic rings. The van der Waals surface area contributed by atoms with Crippen molar-refractivity contribution < 1.29 is 27.8 Å². The fraction of sp³-hybridized carbons (Fsp3) is 0.417. The number of sulfone groups is 1. The van der Waals surface area contributed by atoms with E-state index in [2.05, 4.69) is 4.74 Å². The van der Waals surface area contributed by atoms with Crippen LogP contribution in [-0.2, 0) is 19.4 Å². The fourth-order valence-corrected chi connectivity index (χ4v) is 2.74. The number of hydrogen-bond donors (Lipinski definition) is 1. The zero-order valence-corrected chi connectivity index (χ0v) is 11.5. The van der Waals surface area contributed by atoms with Crippen molar-refractivity contribution in [1.29, 1.82) is 0 Å². The van der Waals surface area contributed by atoms with Crippen molar-refractivity contribution in [2.75, 3.05) is 20.0 Å². The van der Waals surface area contributed by atoms with Crippen LogP contribution < -0.4 is 4.74 Å². The molecule has 1 N–H and O–H groups in total. The molecular weight excluding hydrogens is 272 g/mol. The Hall–Kier alpha value is -1.60. The zero-order chi connectivity index (χ0) is 14.5. The van der Waals surface area contributed by atoms with Crippen LogP contribution in [0, 0.1) is 0 Å². The van der Waals surface area contributed by atoms with Gasteiger partial charge in [-0.1, -0.05) is 0 Å². The number of methoxy groups -OCH3 is 2. The summed E-state index contributed by atoms with van der Waals surface area (Å²) in [5.74, 6) is -0.631. The molecule has 0 saturated carbocycles. The number of ether oxygens (including phenoxy) is 2. The van der Waals surface area contributed by atoms with Gasteiger partial charge in [0.05, 0.1) is 24.9 Å². The van der Waals surface area contributed by atoms with Gasteiger partial charge in [0.15, 0.2) is 15.9 Å². The number of carbonyl (C=O) groups is 1. The van der Waals surface area contributed by atoms with Crippen LogP contribution in [-0.4, -0.2) is 45.6 Å². The molecule has 7 heteroatoms. The molecule has 0 bridgehead atoms. The smallest absolute Gasteiger partial charge is 0.334 e. The van der Waals surface area contributed by atoms with Gasteiger partial charge in [0.2, 0.25) is 0 Å². The number of aliphatic hydroxyl groups is 1. The summed E-state index contributed by atoms with van der Waals surface area (Å²) in [6.07, 6.45) is -1.64. The Balaban J connectivity index is 2.72. The molecule has 0 saturated heterocycles. The van der Waals surface area contributed by atoms with Crippen molar-refractivity contribution in [1.82, 2.24) is 0 Å². The van der Waals surface area contributed by atoms with Gasteiger partial charge in [0, 0.05) is 0 Å². The van der Waals surface area contributed by atoms with Crippen molar-refractivity contribution in [2.45, 2.75) is 17.4 Å². The molecule has 0 aliphatic rings. The number of benzene rings is 1. The minimum absolute atomic E-state index is 0.116. The topological polar surface area (TPSA) is 89.9 Å². The van der Waals surface area contributed by atoms with Crippen LogP contribution in [0.2, 0.25) is 0 Å². The van der Waals surface area contributed by atoms with Crippen LogP contribution in [0.15, 0.2) is 29.2 Å². The van der Waals surface area contributed by atoms with E-state index in [0.29, 0.717) is 5.75 Å². The van der Waals surface area contributed by atoms with E-state index >= 15 is 0 Å². The van der Waals surface area contributed by atoms with Crippen LogP contribution in [0.1, 0.15) is 6.42 Å². The average Bonchev–Trinajstić information content (AvgIpc) is 2.44. The van der Waals surface area contributed by atoms with Gasteiger partial charge < -0.3 is 14.6 Å². The Kier molecular flexibility index (Phi) is 5.31. The molecule has 1 aromatic carbocycles. The maximum atomic E-state index is 11.9. The molecule has 1 atom stereocenters. The van der Waals surface area contributed by atoms with Crippen LogP contribution in [0.4, 0.5) is 0 Å². The summed E-state index contributed by atoms with van der Waals surface area (Å²) < 4.78 is 33.1. The van der Waals surface area contributed by atoms with E-state index in [9.17, 15) is 18.3 Å². The van der Waals surface area contributed by atoms with Gasteiger partial charge in [0.25, 0.3) is 0 Å². The third-order valence-corrected chi connectivity index (χ3v) is 4.32. The summed E-state index contributed by atoms with van der Waals surface area (Å²) >= 11 is 0. The van der Waals surface area contributed by atoms with Gasteiger partial charge >= 0.3 is 5.97 Å². The highest BCUT2D eigenvalue weighted by atomic mass is 32.2. The van der Waals surface area contributed by atoms with Gasteiger partial charge in [0.1, 0.15) is 5.75 Å². The second-order valence-corrected chi connectivity index (χ2v) is 5.93. The third kappa shape index (κ3) is 4.22. The Bertz CT molecular complexity index is 520. The molecule has 6 nitrogen and oxygen atoms in total. The van der Waals surface area contributed by atoms with Crippen molar-refractivity contribution in [3.63, 3.8) is 0 Å². The molecule has 0 aliphatic heterocycles. The standard InChI is InChI=1S/C12H16O6S/c1-17-9-3-5-10(6-4-9)19(15,16)8-7-11(13)12(14)18-2/h3-6,11,13H,7-8H2,1-2H3. The first-order valence-corrected chi connectivity index (χ1v) is 7.18. The van der Waals surface area contributed by atoms with Crippen molar-refractivity contribution in [3.8, 4) is 5.75 Å². The van der Waals surface area contributed by atoms with E-state index < -0.39 is 21.9 Å². The Morgan fingerprint density at radius 2 is 1.84 bits per heavy atom. The van der Waals surface area contributed by atoms with Crippen molar-refractivity contribution in [3.05, 3.63) is 24.3 Å². The Labute approximate surface area is 111 Å². The van der Waals surface area contributed by atoms with E-state index in [4.69, 9.17) is 4.74 Å². The fourth-order valence-electron chi connectivity index (χ4n) is 1.42. The predicted molar refractivity (Wildman–Crippen MR) is 67.7 cm³/mol. The molecule has 0 aromatic heterocycles. The number of carbonyl (C=O) groups excluding carboxylic acids is 1. The van der Waals surface area contributed by atoms with Crippen LogP contribution in [0.5, 0.6) is 5.75 Å². The summed E-state index contributed by atoms with van der Waals surface area (Å²) in [7, 11) is -0.935. The summed E-state index contributed by atoms with van der Waals surface area (Å²) in [5.41, 5.74) is 0. The highest BCUT2D eigenvalue weighted by molar-refractivity contribution is 7.91. The first-order valence-electron chi connectivity index (χ1n) is 5.53. The van der Waals surface area contributed by atoms with E-state index in [1.807, 2.05) is 0 Å². The molecule has 1 rings (SSSR count). The molecule has 0 fully saturated rings. The van der Waals surface area contributed by atoms with Gasteiger partial charge in [-0.2, -0.15) is 0 Å². The van der Waals surface area contributed by atoms with E-state index in [1.165, 1.54) is 31.4 Å². The lowest BCUT2D eigenvalue weighted by molar-refractivity contribution is -0.150. The molecule has 1 unspecified atom stereocenters. The quantitative estimate of drug-likeness (QED) is 0.762. The molecule has 0 radical (unpaired) electrons. The largest absolute Gasteiger partial charge is 0.497 e. The second-order valence-electron chi connectivity index (χ2n) is 3.82. The monoisotopic (exact) mass is 288 g/mol. The predicted octanol–water partition coefficient (Wildman–Crippen LogP) is 0.393. The molecule has 19 heavy (non-hydrogen) atoms. The van der Waals surface area contributed by atoms with Crippen LogP contribution in [0.25, 0.3) is 0 Å². The summed E-state index contributed by atoms with van der Waals surface area (Å²) in [6.45, 7) is 0. The van der Waals surface area contributed by atoms with E-state index in [1.54, 1.807) is 0 Å². The van der Waals surface area contributed by atoms with E-state index in [0.717, 1.165) is 7.11 Å². The van der Waals surface area contributed by atoms with Gasteiger partial charge in [-0.3, -0.25) is 0 Å². The lowest BCUT2D eigenvalue weighted by Gasteiger charge is -2.09. The number of hydrogen-bond acceptors (Lipinski definition) is 6. The molecule has 106 valence electrons. The van der Waals surface area contributed by atoms with Crippen LogP contribution in [0.3, 0.4) is 0 Å². The SMILES string of the molecule is COC(=O)C(O)CCS(=O)(=O)c1ccc(OC)cc1. The molecule has 0 heterocycles. The average molecular weight is 288 g/mol. The van der Waals surface area contributed by atoms with Crippen molar-refractivity contribution >= 4 is 15.8 Å². The molecule has 0 aliphatic carbocycles. The highest BCUT2D eigenvalue weighted by Crippen LogP contribution is 2.17. The number of aliphatic hydroxyl groups excluding tert-OH is 1. The van der Waals surface area contributed by atoms with Crippen molar-refractivity contribution in [2.24, 2.45) is 0 Å². The lowest BCUT2D eigenvalue weighted by Crippen LogP contribution is -2.24. The normalized spacial score (nSPS) is 12.8. The molecule has 0 spiro atoms. The third-order valence-electron chi connectivity index (χ3n) is 2.55. The highest BCUT2D eigenvalue weighted by Gasteiger charge is 2.21. The maximum absolute atomic E-state index is 11.9. The second kappa shape index (κ2) is 6.53. The minimum Gasteiger partial charge on any atom is -0.497 e. The Morgan fingerprint density at radius 3 is 2.32 bits per heavy atom. The number of rotatable bonds is 6. The van der Waals surface area contributed by atoms with E-state index in [-0.39, 0.29) is 17.1 Å². The summed E-state index contributed by atoms with van der Waals surface area (Å²) in [4.78, 5) is 11.1. The van der Waals surface area contributed by atoms with Crippen LogP contribution >= 0.6 is 0 Å². The molecular formula is C12H16O6S. The first-order chi connectivity index (χ1) is 8.90.